The van der Waals surface area contributed by atoms with Gasteiger partial charge in [-0.3, -0.25) is 4.79 Å². The average Bonchev–Trinajstić information content (AvgIpc) is 3.39. The quantitative estimate of drug-likeness (QED) is 0.375. The van der Waals surface area contributed by atoms with Crippen LogP contribution in [0.2, 0.25) is 0 Å². The first-order valence-corrected chi connectivity index (χ1v) is 14.3. The molecule has 2 aromatic rings. The van der Waals surface area contributed by atoms with Crippen LogP contribution in [0.15, 0.2) is 11.2 Å². The van der Waals surface area contributed by atoms with E-state index < -0.39 is 5.97 Å². The van der Waals surface area contributed by atoms with E-state index in [1.807, 2.05) is 6.92 Å². The predicted molar refractivity (Wildman–Crippen MR) is 134 cm³/mol. The van der Waals surface area contributed by atoms with Gasteiger partial charge in [0.1, 0.15) is 10.8 Å². The van der Waals surface area contributed by atoms with E-state index >= 15 is 0 Å². The van der Waals surface area contributed by atoms with Crippen LogP contribution in [0.5, 0.6) is 0 Å². The van der Waals surface area contributed by atoms with E-state index in [1.165, 1.54) is 68.7 Å². The van der Waals surface area contributed by atoms with Crippen LogP contribution in [-0.4, -0.2) is 39.5 Å². The number of thiophene rings is 1. The van der Waals surface area contributed by atoms with Crippen molar-refractivity contribution in [1.29, 1.82) is 0 Å². The number of carbonyl (C=O) groups is 2. The lowest BCUT2D eigenvalue weighted by Crippen LogP contribution is -2.47. The van der Waals surface area contributed by atoms with Crippen molar-refractivity contribution in [3.8, 4) is 0 Å². The number of aromatic nitrogens is 3. The van der Waals surface area contributed by atoms with E-state index in [-0.39, 0.29) is 11.7 Å². The third kappa shape index (κ3) is 4.65. The smallest absolute Gasteiger partial charge is 0.340 e. The Morgan fingerprint density at radius 3 is 2.44 bits per heavy atom. The number of rotatable bonds is 9. The van der Waals surface area contributed by atoms with Crippen molar-refractivity contribution < 1.29 is 14.3 Å². The molecule has 7 nitrogen and oxygen atoms in total. The second-order valence-corrected chi connectivity index (χ2v) is 12.5. The number of amides is 1. The van der Waals surface area contributed by atoms with E-state index in [1.54, 1.807) is 6.07 Å². The zero-order valence-electron chi connectivity index (χ0n) is 20.3. The summed E-state index contributed by atoms with van der Waals surface area (Å²) < 4.78 is 7.06. The fourth-order valence-electron chi connectivity index (χ4n) is 6.98. The predicted octanol–water partition coefficient (Wildman–Crippen LogP) is 5.20. The van der Waals surface area contributed by atoms with Gasteiger partial charge >= 0.3 is 5.97 Å². The highest BCUT2D eigenvalue weighted by atomic mass is 32.2. The van der Waals surface area contributed by atoms with Crippen LogP contribution in [0.25, 0.3) is 0 Å². The van der Waals surface area contributed by atoms with Crippen LogP contribution in [-0.2, 0) is 28.9 Å². The normalized spacial score (nSPS) is 27.2. The number of nitrogens with zero attached hydrogens (tertiary/aromatic N) is 3. The van der Waals surface area contributed by atoms with Gasteiger partial charge in [-0.1, -0.05) is 18.7 Å². The van der Waals surface area contributed by atoms with Crippen LogP contribution < -0.4 is 5.32 Å². The zero-order chi connectivity index (χ0) is 23.9. The van der Waals surface area contributed by atoms with E-state index in [4.69, 9.17) is 4.74 Å². The molecule has 4 saturated carbocycles. The first-order chi connectivity index (χ1) is 16.4. The van der Waals surface area contributed by atoms with Gasteiger partial charge in [-0.25, -0.2) is 4.79 Å². The molecule has 6 rings (SSSR count). The molecular weight excluding hydrogens is 468 g/mol. The fraction of sp³-hybridized carbons (Fsp3) is 0.680. The van der Waals surface area contributed by atoms with Crippen LogP contribution in [0, 0.1) is 23.2 Å². The molecule has 9 heteroatoms. The number of nitrogens with one attached hydrogen (secondary N) is 1. The molecule has 0 unspecified atom stereocenters. The Morgan fingerprint density at radius 1 is 1.18 bits per heavy atom. The summed E-state index contributed by atoms with van der Waals surface area (Å²) >= 11 is 2.83. The summed E-state index contributed by atoms with van der Waals surface area (Å²) in [5, 5.41) is 13.3. The van der Waals surface area contributed by atoms with Gasteiger partial charge in [0, 0.05) is 17.8 Å². The molecule has 184 valence electrons. The molecule has 0 radical (unpaired) electrons. The third-order valence-corrected chi connectivity index (χ3v) is 10.1. The van der Waals surface area contributed by atoms with Crippen LogP contribution >= 0.6 is 23.1 Å². The molecule has 1 N–H and O–H groups in total. The Morgan fingerprint density at radius 2 is 1.85 bits per heavy atom. The summed E-state index contributed by atoms with van der Waals surface area (Å²) in [5.74, 6) is 3.46. The second-order valence-electron chi connectivity index (χ2n) is 10.4. The monoisotopic (exact) mass is 502 g/mol. The Balaban J connectivity index is 1.24. The Bertz CT molecular complexity index is 1040. The standard InChI is InChI=1S/C25H34N4O3S2/c1-4-18-9-19(23(31)32-3)22(34-18)26-21(30)14-33-24-28-27-20(29(24)5-2)13-25-10-15-6-16(11-25)8-17(7-15)12-25/h9,15-17H,4-8,10-14H2,1-3H3,(H,26,30). The van der Waals surface area contributed by atoms with E-state index in [2.05, 4.69) is 27.0 Å². The van der Waals surface area contributed by atoms with Crippen molar-refractivity contribution in [2.75, 3.05) is 18.2 Å². The molecule has 4 aliphatic carbocycles. The Labute approximate surface area is 209 Å². The molecule has 0 spiro atoms. The second kappa shape index (κ2) is 9.64. The van der Waals surface area contributed by atoms with Crippen molar-refractivity contribution in [3.05, 3.63) is 22.3 Å². The first-order valence-electron chi connectivity index (χ1n) is 12.5. The van der Waals surface area contributed by atoms with Gasteiger partial charge in [-0.2, -0.15) is 0 Å². The number of aryl methyl sites for hydroxylation is 1. The molecule has 2 heterocycles. The number of hydrogen-bond donors (Lipinski definition) is 1. The third-order valence-electron chi connectivity index (χ3n) is 7.93. The maximum absolute atomic E-state index is 12.7. The zero-order valence-corrected chi connectivity index (χ0v) is 21.9. The highest BCUT2D eigenvalue weighted by Crippen LogP contribution is 2.61. The summed E-state index contributed by atoms with van der Waals surface area (Å²) in [5.41, 5.74) is 0.825. The molecule has 34 heavy (non-hydrogen) atoms. The van der Waals surface area contributed by atoms with Gasteiger partial charge in [-0.05, 0) is 81.1 Å². The first kappa shape index (κ1) is 23.9. The highest BCUT2D eigenvalue weighted by molar-refractivity contribution is 7.99. The molecule has 0 aliphatic heterocycles. The number of ether oxygens (including phenoxy) is 1. The lowest BCUT2D eigenvalue weighted by molar-refractivity contribution is -0.113. The van der Waals surface area contributed by atoms with Crippen molar-refractivity contribution in [2.45, 2.75) is 76.9 Å². The number of carbonyl (C=O) groups excluding carboxylic acids is 2. The number of esters is 1. The van der Waals surface area contributed by atoms with Crippen LogP contribution in [0.4, 0.5) is 5.00 Å². The Hall–Kier alpha value is -1.87. The van der Waals surface area contributed by atoms with E-state index in [9.17, 15) is 9.59 Å². The topological polar surface area (TPSA) is 86.1 Å². The molecule has 4 fully saturated rings. The van der Waals surface area contributed by atoms with Gasteiger partial charge in [0.2, 0.25) is 5.91 Å². The lowest BCUT2D eigenvalue weighted by atomic mass is 9.49. The van der Waals surface area contributed by atoms with Crippen molar-refractivity contribution in [3.63, 3.8) is 0 Å². The number of hydrogen-bond acceptors (Lipinski definition) is 7. The van der Waals surface area contributed by atoms with Gasteiger partial charge in [0.25, 0.3) is 0 Å². The summed E-state index contributed by atoms with van der Waals surface area (Å²) in [6.45, 7) is 4.94. The number of methoxy groups -OCH3 is 1. The minimum Gasteiger partial charge on any atom is -0.465 e. The highest BCUT2D eigenvalue weighted by Gasteiger charge is 2.51. The maximum atomic E-state index is 12.7. The van der Waals surface area contributed by atoms with Crippen molar-refractivity contribution >= 4 is 40.0 Å². The average molecular weight is 503 g/mol. The largest absolute Gasteiger partial charge is 0.465 e. The van der Waals surface area contributed by atoms with Gasteiger partial charge in [-0.15, -0.1) is 21.5 Å². The SMILES string of the molecule is CCc1cc(C(=O)OC)c(NC(=O)CSc2nnc(CC34CC5CC(CC(C5)C3)C4)n2CC)s1. The number of thioether (sulfide) groups is 1. The lowest BCUT2D eigenvalue weighted by Gasteiger charge is -2.56. The molecular formula is C25H34N4O3S2. The van der Waals surface area contributed by atoms with Gasteiger partial charge < -0.3 is 14.6 Å². The molecule has 4 aliphatic rings. The van der Waals surface area contributed by atoms with E-state index in [0.29, 0.717) is 16.0 Å². The van der Waals surface area contributed by atoms with Gasteiger partial charge in [0.15, 0.2) is 5.16 Å². The Kier molecular flexibility index (Phi) is 6.77. The minimum atomic E-state index is -0.432. The molecule has 1 amide bonds. The summed E-state index contributed by atoms with van der Waals surface area (Å²) in [6.07, 6.45) is 10.2. The molecule has 0 aromatic carbocycles. The minimum absolute atomic E-state index is 0.159. The van der Waals surface area contributed by atoms with E-state index in [0.717, 1.165) is 53.0 Å². The van der Waals surface area contributed by atoms with Crippen LogP contribution in [0.3, 0.4) is 0 Å². The molecule has 0 atom stereocenters. The summed E-state index contributed by atoms with van der Waals surface area (Å²) in [6, 6.07) is 1.80. The maximum Gasteiger partial charge on any atom is 0.340 e. The van der Waals surface area contributed by atoms with Crippen molar-refractivity contribution in [1.82, 2.24) is 14.8 Å². The summed E-state index contributed by atoms with van der Waals surface area (Å²) in [4.78, 5) is 25.8. The number of anilines is 1. The molecule has 0 saturated heterocycles. The van der Waals surface area contributed by atoms with Gasteiger partial charge in [0.05, 0.1) is 18.4 Å². The fourth-order valence-corrected chi connectivity index (χ4v) is 8.80. The molecule has 2 aromatic heterocycles. The molecule has 4 bridgehead atoms. The van der Waals surface area contributed by atoms with Crippen LogP contribution in [0.1, 0.15) is 73.4 Å². The summed E-state index contributed by atoms with van der Waals surface area (Å²) in [7, 11) is 1.35. The van der Waals surface area contributed by atoms with Crippen molar-refractivity contribution in [2.24, 2.45) is 23.2 Å².